The van der Waals surface area contributed by atoms with Crippen molar-refractivity contribution in [1.29, 1.82) is 0 Å². The van der Waals surface area contributed by atoms with Gasteiger partial charge in [0.05, 0.1) is 18.4 Å². The van der Waals surface area contributed by atoms with E-state index in [-0.39, 0.29) is 5.91 Å². The van der Waals surface area contributed by atoms with E-state index < -0.39 is 0 Å². The second-order valence-corrected chi connectivity index (χ2v) is 5.09. The molecular formula is C16H13ClN4O. The van der Waals surface area contributed by atoms with Crippen LogP contribution in [0.15, 0.2) is 61.1 Å². The van der Waals surface area contributed by atoms with Crippen molar-refractivity contribution in [2.45, 2.75) is 6.54 Å². The van der Waals surface area contributed by atoms with Crippen LogP contribution in [0.25, 0.3) is 0 Å². The predicted octanol–water partition coefficient (Wildman–Crippen LogP) is 3.23. The van der Waals surface area contributed by atoms with Crippen molar-refractivity contribution < 1.29 is 4.79 Å². The fourth-order valence-electron chi connectivity index (χ4n) is 2.01. The average molecular weight is 313 g/mol. The molecule has 0 radical (unpaired) electrons. The highest BCUT2D eigenvalue weighted by Gasteiger charge is 2.08. The predicted molar refractivity (Wildman–Crippen MR) is 85.0 cm³/mol. The maximum atomic E-state index is 12.0. The molecule has 1 aromatic carbocycles. The molecule has 2 aromatic heterocycles. The number of nitrogens with zero attached hydrogens (tertiary/aromatic N) is 3. The van der Waals surface area contributed by atoms with Crippen molar-refractivity contribution in [1.82, 2.24) is 14.8 Å². The molecule has 0 atom stereocenters. The van der Waals surface area contributed by atoms with Gasteiger partial charge in [-0.05, 0) is 23.8 Å². The number of amides is 1. The Kier molecular flexibility index (Phi) is 4.16. The number of carbonyl (C=O) groups is 1. The zero-order chi connectivity index (χ0) is 15.4. The molecule has 3 rings (SSSR count). The first kappa shape index (κ1) is 14.3. The van der Waals surface area contributed by atoms with Crippen LogP contribution < -0.4 is 5.32 Å². The molecule has 0 unspecified atom stereocenters. The van der Waals surface area contributed by atoms with Gasteiger partial charge in [0, 0.05) is 17.4 Å². The Balaban J connectivity index is 1.69. The Morgan fingerprint density at radius 2 is 2.00 bits per heavy atom. The average Bonchev–Trinajstić information content (AvgIpc) is 2.97. The molecule has 0 aliphatic heterocycles. The minimum atomic E-state index is -0.266. The van der Waals surface area contributed by atoms with Gasteiger partial charge in [-0.25, -0.2) is 0 Å². The van der Waals surface area contributed by atoms with E-state index in [1.54, 1.807) is 41.5 Å². The van der Waals surface area contributed by atoms with Gasteiger partial charge in [-0.1, -0.05) is 35.9 Å². The minimum Gasteiger partial charge on any atom is -0.318 e. The van der Waals surface area contributed by atoms with Crippen LogP contribution in [0.2, 0.25) is 5.02 Å². The molecule has 6 heteroatoms. The van der Waals surface area contributed by atoms with Crippen LogP contribution >= 0.6 is 11.6 Å². The topological polar surface area (TPSA) is 59.8 Å². The Bertz CT molecular complexity index is 786. The molecule has 0 aliphatic rings. The SMILES string of the molecule is O=C(Nc1cnn(Cc2ccccc2Cl)c1)c1ccccn1. The normalized spacial score (nSPS) is 10.4. The van der Waals surface area contributed by atoms with Crippen molar-refractivity contribution >= 4 is 23.2 Å². The molecule has 22 heavy (non-hydrogen) atoms. The second-order valence-electron chi connectivity index (χ2n) is 4.69. The van der Waals surface area contributed by atoms with Gasteiger partial charge in [-0.2, -0.15) is 5.10 Å². The highest BCUT2D eigenvalue weighted by molar-refractivity contribution is 6.31. The molecule has 0 fully saturated rings. The summed E-state index contributed by atoms with van der Waals surface area (Å²) < 4.78 is 1.72. The van der Waals surface area contributed by atoms with Crippen LogP contribution in [0.5, 0.6) is 0 Å². The molecule has 5 nitrogen and oxygen atoms in total. The molecule has 0 bridgehead atoms. The Hall–Kier alpha value is -2.66. The fraction of sp³-hybridized carbons (Fsp3) is 0.0625. The number of hydrogen-bond acceptors (Lipinski definition) is 3. The largest absolute Gasteiger partial charge is 0.318 e. The number of halogens is 1. The first-order chi connectivity index (χ1) is 10.7. The van der Waals surface area contributed by atoms with Crippen LogP contribution in [0.3, 0.4) is 0 Å². The summed E-state index contributed by atoms with van der Waals surface area (Å²) in [4.78, 5) is 16.0. The lowest BCUT2D eigenvalue weighted by atomic mass is 10.2. The lowest BCUT2D eigenvalue weighted by Crippen LogP contribution is -2.12. The summed E-state index contributed by atoms with van der Waals surface area (Å²) in [7, 11) is 0. The molecule has 0 spiro atoms. The highest BCUT2D eigenvalue weighted by atomic mass is 35.5. The van der Waals surface area contributed by atoms with Gasteiger partial charge >= 0.3 is 0 Å². The van der Waals surface area contributed by atoms with E-state index in [4.69, 9.17) is 11.6 Å². The zero-order valence-electron chi connectivity index (χ0n) is 11.6. The molecule has 3 aromatic rings. The smallest absolute Gasteiger partial charge is 0.274 e. The zero-order valence-corrected chi connectivity index (χ0v) is 12.4. The molecule has 0 saturated heterocycles. The summed E-state index contributed by atoms with van der Waals surface area (Å²) in [6, 6.07) is 12.8. The maximum Gasteiger partial charge on any atom is 0.274 e. The number of hydrogen-bond donors (Lipinski definition) is 1. The number of benzene rings is 1. The molecule has 0 saturated carbocycles. The summed E-state index contributed by atoms with van der Waals surface area (Å²) in [5.74, 6) is -0.266. The number of rotatable bonds is 4. The van der Waals surface area contributed by atoms with E-state index in [0.717, 1.165) is 5.56 Å². The van der Waals surface area contributed by atoms with Crippen LogP contribution in [-0.2, 0) is 6.54 Å². The monoisotopic (exact) mass is 312 g/mol. The third-order valence-electron chi connectivity index (χ3n) is 3.08. The van der Waals surface area contributed by atoms with Gasteiger partial charge in [0.2, 0.25) is 0 Å². The number of pyridine rings is 1. The van der Waals surface area contributed by atoms with Crippen LogP contribution in [-0.4, -0.2) is 20.7 Å². The molecule has 0 aliphatic carbocycles. The first-order valence-corrected chi connectivity index (χ1v) is 7.08. The summed E-state index contributed by atoms with van der Waals surface area (Å²) in [5.41, 5.74) is 1.94. The van der Waals surface area contributed by atoms with E-state index >= 15 is 0 Å². The van der Waals surface area contributed by atoms with Gasteiger partial charge in [0.15, 0.2) is 0 Å². The summed E-state index contributed by atoms with van der Waals surface area (Å²) in [6.45, 7) is 0.541. The number of aromatic nitrogens is 3. The van der Waals surface area contributed by atoms with Crippen molar-refractivity contribution in [2.75, 3.05) is 5.32 Å². The van der Waals surface area contributed by atoms with Gasteiger partial charge in [-0.3, -0.25) is 14.5 Å². The van der Waals surface area contributed by atoms with Gasteiger partial charge in [-0.15, -0.1) is 0 Å². The lowest BCUT2D eigenvalue weighted by Gasteiger charge is -2.04. The quantitative estimate of drug-likeness (QED) is 0.804. The first-order valence-electron chi connectivity index (χ1n) is 6.70. The van der Waals surface area contributed by atoms with E-state index in [2.05, 4.69) is 15.4 Å². The van der Waals surface area contributed by atoms with Crippen molar-refractivity contribution in [2.24, 2.45) is 0 Å². The second kappa shape index (κ2) is 6.41. The summed E-state index contributed by atoms with van der Waals surface area (Å²) in [6.07, 6.45) is 4.93. The Morgan fingerprint density at radius 1 is 1.18 bits per heavy atom. The molecular weight excluding hydrogens is 300 g/mol. The molecule has 1 amide bonds. The van der Waals surface area contributed by atoms with Crippen molar-refractivity contribution in [3.05, 3.63) is 77.3 Å². The maximum absolute atomic E-state index is 12.0. The van der Waals surface area contributed by atoms with Crippen LogP contribution in [0.4, 0.5) is 5.69 Å². The van der Waals surface area contributed by atoms with E-state index in [0.29, 0.717) is 22.9 Å². The third kappa shape index (κ3) is 3.32. The van der Waals surface area contributed by atoms with Crippen LogP contribution in [0.1, 0.15) is 16.1 Å². The number of carbonyl (C=O) groups excluding carboxylic acids is 1. The van der Waals surface area contributed by atoms with E-state index in [1.165, 1.54) is 0 Å². The van der Waals surface area contributed by atoms with Crippen molar-refractivity contribution in [3.63, 3.8) is 0 Å². The van der Waals surface area contributed by atoms with Crippen LogP contribution in [0, 0.1) is 0 Å². The number of nitrogens with one attached hydrogen (secondary N) is 1. The Labute approximate surface area is 132 Å². The number of anilines is 1. The molecule has 2 heterocycles. The lowest BCUT2D eigenvalue weighted by molar-refractivity contribution is 0.102. The fourth-order valence-corrected chi connectivity index (χ4v) is 2.20. The molecule has 1 N–H and O–H groups in total. The summed E-state index contributed by atoms with van der Waals surface area (Å²) in [5, 5.41) is 7.68. The highest BCUT2D eigenvalue weighted by Crippen LogP contribution is 2.17. The molecule has 110 valence electrons. The summed E-state index contributed by atoms with van der Waals surface area (Å²) >= 11 is 6.13. The third-order valence-corrected chi connectivity index (χ3v) is 3.45. The van der Waals surface area contributed by atoms with Crippen molar-refractivity contribution in [3.8, 4) is 0 Å². The van der Waals surface area contributed by atoms with Gasteiger partial charge in [0.25, 0.3) is 5.91 Å². The Morgan fingerprint density at radius 3 is 2.77 bits per heavy atom. The standard InChI is InChI=1S/C16H13ClN4O/c17-14-6-2-1-5-12(14)10-21-11-13(9-19-21)20-16(22)15-7-3-4-8-18-15/h1-9,11H,10H2,(H,20,22). The minimum absolute atomic E-state index is 0.266. The van der Waals surface area contributed by atoms with E-state index in [1.807, 2.05) is 24.3 Å². The van der Waals surface area contributed by atoms with Gasteiger partial charge < -0.3 is 5.32 Å². The van der Waals surface area contributed by atoms with Gasteiger partial charge in [0.1, 0.15) is 5.69 Å². The van der Waals surface area contributed by atoms with E-state index in [9.17, 15) is 4.79 Å².